The summed E-state index contributed by atoms with van der Waals surface area (Å²) in [6.45, 7) is 2.33. The van der Waals surface area contributed by atoms with Crippen molar-refractivity contribution < 1.29 is 13.7 Å². The molecule has 170 valence electrons. The molecule has 0 aliphatic carbocycles. The van der Waals surface area contributed by atoms with Gasteiger partial charge in [0.1, 0.15) is 5.82 Å². The van der Waals surface area contributed by atoms with Crippen molar-refractivity contribution in [2.24, 2.45) is 4.99 Å². The first kappa shape index (κ1) is 28.3. The third-order valence-corrected chi connectivity index (χ3v) is 10.0. The second kappa shape index (κ2) is 16.0. The Hall–Kier alpha value is -0.730. The molecule has 0 N–H and O–H groups in total. The number of carbonyl (C=O) groups excluding carboxylic acids is 1. The maximum atomic E-state index is 13.0. The van der Waals surface area contributed by atoms with Gasteiger partial charge in [0.2, 0.25) is 5.91 Å². The lowest BCUT2D eigenvalue weighted by atomic mass is 10.1. The molecule has 0 heterocycles. The van der Waals surface area contributed by atoms with Crippen LogP contribution in [0.2, 0.25) is 0 Å². The molecule has 4 nitrogen and oxygen atoms in total. The summed E-state index contributed by atoms with van der Waals surface area (Å²) in [4.78, 5) is 18.5. The Morgan fingerprint density at radius 2 is 2.06 bits per heavy atom. The highest BCUT2D eigenvalue weighted by atomic mass is 127. The van der Waals surface area contributed by atoms with Gasteiger partial charge in [0.05, 0.1) is 0 Å². The Bertz CT molecular complexity index is 831. The average Bonchev–Trinajstić information content (AvgIpc) is 2.78. The van der Waals surface area contributed by atoms with Gasteiger partial charge in [0.25, 0.3) is 0 Å². The summed E-state index contributed by atoms with van der Waals surface area (Å²) < 4.78 is 18.3. The smallest absolute Gasteiger partial charge is 0.247 e. The van der Waals surface area contributed by atoms with Gasteiger partial charge in [-0.05, 0) is 65.1 Å². The summed E-state index contributed by atoms with van der Waals surface area (Å²) >= 11 is 9.78. The fourth-order valence-corrected chi connectivity index (χ4v) is 6.25. The number of amides is 1. The van der Waals surface area contributed by atoms with Gasteiger partial charge >= 0.3 is 0 Å². The number of aryl methyl sites for hydroxylation is 1. The molecule has 0 spiro atoms. The third kappa shape index (κ3) is 11.6. The zero-order valence-corrected chi connectivity index (χ0v) is 22.8. The average molecular weight is 597 g/mol. The molecule has 9 heteroatoms. The van der Waals surface area contributed by atoms with Gasteiger partial charge in [-0.25, -0.2) is 4.39 Å². The lowest BCUT2D eigenvalue weighted by Crippen LogP contribution is -2.25. The Labute approximate surface area is 208 Å². The lowest BCUT2D eigenvalue weighted by molar-refractivity contribution is -0.124. The highest BCUT2D eigenvalue weighted by molar-refractivity contribution is 14.2. The van der Waals surface area contributed by atoms with E-state index in [4.69, 9.17) is 16.1 Å². The predicted octanol–water partition coefficient (Wildman–Crippen LogP) is 6.95. The molecule has 1 atom stereocenters. The largest absolute Gasteiger partial charge is 0.343 e. The zero-order valence-electron chi connectivity index (χ0n) is 18.1. The number of carbonyl (C=O) groups is 1. The summed E-state index contributed by atoms with van der Waals surface area (Å²) in [5.74, 6) is 0.0317. The van der Waals surface area contributed by atoms with E-state index in [1.165, 1.54) is 23.5 Å². The minimum atomic E-state index is -0.744. The summed E-state index contributed by atoms with van der Waals surface area (Å²) in [7, 11) is 5.11. The van der Waals surface area contributed by atoms with Gasteiger partial charge < -0.3 is 9.42 Å². The quantitative estimate of drug-likeness (QED) is 0.0655. The number of aliphatic imine (C=N–C) groups is 1. The van der Waals surface area contributed by atoms with Crippen LogP contribution in [0.5, 0.6) is 0 Å². The molecule has 1 aromatic carbocycles. The minimum absolute atomic E-state index is 0.105. The SMILES string of the molecule is CN=C(C)/C(=C/C(=O)N(C)C/C=C(/C=C/CCc1ccc(F)cc1)CCl)SP(I)OC. The van der Waals surface area contributed by atoms with Crippen molar-refractivity contribution in [1.29, 1.82) is 0 Å². The number of likely N-dealkylation sites (N-methyl/N-ethyl adjacent to an activating group) is 1. The highest BCUT2D eigenvalue weighted by Crippen LogP contribution is 2.61. The van der Waals surface area contributed by atoms with Gasteiger partial charge in [-0.1, -0.05) is 41.7 Å². The van der Waals surface area contributed by atoms with Gasteiger partial charge in [-0.2, -0.15) is 0 Å². The standard InChI is InChI=1S/C22H28ClFIN2O2PS/c1-17(26-2)21(31-30(25)29-4)15-22(28)27(3)14-13-19(16-23)8-6-5-7-18-9-11-20(24)12-10-18/h6,8-13,15H,5,7,14,16H2,1-4H3/b8-6+,19-13-,21-15-,26-17?. The Morgan fingerprint density at radius 3 is 2.65 bits per heavy atom. The minimum Gasteiger partial charge on any atom is -0.343 e. The molecule has 0 saturated heterocycles. The molecular weight excluding hydrogens is 569 g/mol. The number of hydrogen-bond acceptors (Lipinski definition) is 4. The van der Waals surface area contributed by atoms with Crippen molar-refractivity contribution >= 4 is 61.6 Å². The van der Waals surface area contributed by atoms with E-state index in [-0.39, 0.29) is 11.7 Å². The highest BCUT2D eigenvalue weighted by Gasteiger charge is 2.14. The van der Waals surface area contributed by atoms with Crippen molar-refractivity contribution in [3.05, 3.63) is 70.4 Å². The van der Waals surface area contributed by atoms with Crippen LogP contribution in [0, 0.1) is 5.82 Å². The van der Waals surface area contributed by atoms with E-state index in [2.05, 4.69) is 27.0 Å². The molecule has 1 aromatic rings. The summed E-state index contributed by atoms with van der Waals surface area (Å²) in [5, 5.41) is 0. The van der Waals surface area contributed by atoms with Crippen LogP contribution in [0.4, 0.5) is 4.39 Å². The number of rotatable bonds is 12. The Balaban J connectivity index is 2.68. The third-order valence-electron chi connectivity index (χ3n) is 4.26. The number of nitrogens with zero attached hydrogens (tertiary/aromatic N) is 2. The summed E-state index contributed by atoms with van der Waals surface area (Å²) in [5.41, 5.74) is 2.83. The normalized spacial score (nSPS) is 14.2. The topological polar surface area (TPSA) is 41.9 Å². The second-order valence-corrected chi connectivity index (χ2v) is 14.3. The maximum Gasteiger partial charge on any atom is 0.247 e. The van der Waals surface area contributed by atoms with Crippen LogP contribution in [-0.2, 0) is 15.7 Å². The van der Waals surface area contributed by atoms with Crippen molar-refractivity contribution in [3.63, 3.8) is 0 Å². The van der Waals surface area contributed by atoms with E-state index in [1.54, 1.807) is 44.3 Å². The molecular formula is C22H28ClFIN2O2PS. The van der Waals surface area contributed by atoms with E-state index >= 15 is 0 Å². The van der Waals surface area contributed by atoms with Gasteiger partial charge in [0, 0.05) is 50.3 Å². The van der Waals surface area contributed by atoms with Crippen LogP contribution in [0.15, 0.2) is 64.0 Å². The molecule has 0 saturated carbocycles. The van der Waals surface area contributed by atoms with Crippen LogP contribution in [0.25, 0.3) is 0 Å². The number of alkyl halides is 1. The van der Waals surface area contributed by atoms with E-state index in [0.29, 0.717) is 12.4 Å². The van der Waals surface area contributed by atoms with Crippen molar-refractivity contribution in [2.45, 2.75) is 19.8 Å². The van der Waals surface area contributed by atoms with Gasteiger partial charge in [-0.15, -0.1) is 11.6 Å². The van der Waals surface area contributed by atoms with Gasteiger partial charge in [0.15, 0.2) is 4.99 Å². The van der Waals surface area contributed by atoms with Crippen molar-refractivity contribution in [2.75, 3.05) is 33.6 Å². The molecule has 1 unspecified atom stereocenters. The second-order valence-electron chi connectivity index (χ2n) is 6.50. The first-order valence-electron chi connectivity index (χ1n) is 9.55. The maximum absolute atomic E-state index is 13.0. The molecule has 0 aromatic heterocycles. The first-order valence-corrected chi connectivity index (χ1v) is 15.5. The summed E-state index contributed by atoms with van der Waals surface area (Å²) in [6.07, 6.45) is 9.22. The fourth-order valence-electron chi connectivity index (χ4n) is 2.29. The molecule has 0 aliphatic heterocycles. The van der Waals surface area contributed by atoms with Crippen LogP contribution in [-0.4, -0.2) is 50.1 Å². The number of halogens is 3. The number of allylic oxidation sites excluding steroid dienone is 4. The Morgan fingerprint density at radius 1 is 1.39 bits per heavy atom. The fraction of sp³-hybridized carbons (Fsp3) is 0.364. The molecule has 31 heavy (non-hydrogen) atoms. The summed E-state index contributed by atoms with van der Waals surface area (Å²) in [6, 6.07) is 6.53. The van der Waals surface area contributed by atoms with E-state index < -0.39 is 4.99 Å². The van der Waals surface area contributed by atoms with Crippen LogP contribution in [0.1, 0.15) is 18.9 Å². The molecule has 0 fully saturated rings. The molecule has 0 bridgehead atoms. The van der Waals surface area contributed by atoms with Crippen LogP contribution in [0.3, 0.4) is 0 Å². The first-order chi connectivity index (χ1) is 14.8. The monoisotopic (exact) mass is 596 g/mol. The van der Waals surface area contributed by atoms with Crippen LogP contribution < -0.4 is 0 Å². The molecule has 1 rings (SSSR count). The Kier molecular flexibility index (Phi) is 14.6. The van der Waals surface area contributed by atoms with Gasteiger partial charge in [-0.3, -0.25) is 9.79 Å². The molecule has 0 aliphatic rings. The number of hydrogen-bond donors (Lipinski definition) is 0. The molecule has 1 amide bonds. The van der Waals surface area contributed by atoms with E-state index in [1.807, 2.05) is 25.2 Å². The molecule has 0 radical (unpaired) electrons. The van der Waals surface area contributed by atoms with Crippen molar-refractivity contribution in [1.82, 2.24) is 4.90 Å². The lowest BCUT2D eigenvalue weighted by Gasteiger charge is -2.15. The zero-order chi connectivity index (χ0) is 23.2. The van der Waals surface area contributed by atoms with Crippen LogP contribution >= 0.6 is 50.0 Å². The predicted molar refractivity (Wildman–Crippen MR) is 143 cm³/mol. The van der Waals surface area contributed by atoms with Crippen molar-refractivity contribution in [3.8, 4) is 0 Å². The number of benzene rings is 1. The van der Waals surface area contributed by atoms with E-state index in [9.17, 15) is 9.18 Å². The van der Waals surface area contributed by atoms with E-state index in [0.717, 1.165) is 34.6 Å².